The van der Waals surface area contributed by atoms with E-state index >= 15 is 0 Å². The molecule has 0 aromatic carbocycles. The summed E-state index contributed by atoms with van der Waals surface area (Å²) in [6, 6.07) is 0. The minimum atomic E-state index is -1.09. The van der Waals surface area contributed by atoms with Crippen molar-refractivity contribution in [1.82, 2.24) is 0 Å². The van der Waals surface area contributed by atoms with Gasteiger partial charge in [0.1, 0.15) is 5.57 Å². The first kappa shape index (κ1) is 22.7. The van der Waals surface area contributed by atoms with Crippen molar-refractivity contribution in [3.8, 4) is 23.7 Å². The van der Waals surface area contributed by atoms with E-state index in [2.05, 4.69) is 34.5 Å². The van der Waals surface area contributed by atoms with Crippen LogP contribution in [0.25, 0.3) is 0 Å². The Morgan fingerprint density at radius 3 is 1.52 bits per heavy atom. The molecule has 0 amide bonds. The molecule has 0 N–H and O–H groups in total. The summed E-state index contributed by atoms with van der Waals surface area (Å²) in [7, 11) is 0. The van der Waals surface area contributed by atoms with Gasteiger partial charge in [0.25, 0.3) is 0 Å². The van der Waals surface area contributed by atoms with Crippen LogP contribution >= 0.6 is 0 Å². The summed E-state index contributed by atoms with van der Waals surface area (Å²) in [4.78, 5) is 36.2. The van der Waals surface area contributed by atoms with E-state index in [4.69, 9.17) is 0 Å². The molecule has 0 aromatic rings. The molecule has 25 heavy (non-hydrogen) atoms. The quantitative estimate of drug-likeness (QED) is 0.146. The number of hydrogen-bond acceptors (Lipinski definition) is 4. The molecule has 0 atom stereocenters. The number of esters is 2. The molecule has 0 aliphatic rings. The molecule has 0 bridgehead atoms. The maximum atomic E-state index is 12.3. The Morgan fingerprint density at radius 2 is 1.12 bits per heavy atom. The minimum Gasteiger partial charge on any atom is -0.379 e. The molecular weight excluding hydrogens is 316 g/mol. The molecule has 4 heteroatoms. The molecule has 0 aliphatic heterocycles. The van der Waals surface area contributed by atoms with E-state index in [1.165, 1.54) is 0 Å². The van der Waals surface area contributed by atoms with Crippen LogP contribution < -0.4 is 0 Å². The first-order chi connectivity index (χ1) is 11.0. The summed E-state index contributed by atoms with van der Waals surface area (Å²) in [5, 5.41) is 0. The second-order valence-corrected chi connectivity index (χ2v) is 8.76. The number of rotatable bonds is 2. The number of carbonyl (C=O) groups excluding carboxylic acids is 3. The third-order valence-corrected chi connectivity index (χ3v) is 2.21. The van der Waals surface area contributed by atoms with Gasteiger partial charge in [-0.1, -0.05) is 32.6 Å². The van der Waals surface area contributed by atoms with E-state index in [-0.39, 0.29) is 5.57 Å². The van der Waals surface area contributed by atoms with E-state index < -0.39 is 34.0 Å². The van der Waals surface area contributed by atoms with Gasteiger partial charge in [0, 0.05) is 16.8 Å². The number of ether oxygens (including phenoxy) is 1. The van der Waals surface area contributed by atoms with Crippen LogP contribution in [-0.2, 0) is 19.1 Å². The molecule has 135 valence electrons. The van der Waals surface area contributed by atoms with Crippen molar-refractivity contribution in [3.63, 3.8) is 0 Å². The van der Waals surface area contributed by atoms with Crippen molar-refractivity contribution in [2.24, 2.45) is 16.2 Å². The SMILES string of the molecule is CC(C)(C)[C]=C(C(=O)C#CC(C)(C)C)C(=O)OC(=O)C#CC(C)(C)C. The number of carbonyl (C=O) groups is 3. The Hall–Kier alpha value is -2.33. The second-order valence-electron chi connectivity index (χ2n) is 8.76. The first-order valence-electron chi connectivity index (χ1n) is 8.02. The molecule has 0 heterocycles. The number of allylic oxidation sites excluding steroid dienone is 1. The minimum absolute atomic E-state index is 0.379. The third-order valence-electron chi connectivity index (χ3n) is 2.21. The van der Waals surface area contributed by atoms with Crippen LogP contribution in [0.2, 0.25) is 0 Å². The van der Waals surface area contributed by atoms with Crippen LogP contribution in [0.4, 0.5) is 0 Å². The Morgan fingerprint density at radius 1 is 0.680 bits per heavy atom. The first-order valence-corrected chi connectivity index (χ1v) is 8.02. The molecule has 0 rings (SSSR count). The van der Waals surface area contributed by atoms with E-state index in [0.29, 0.717) is 0 Å². The lowest BCUT2D eigenvalue weighted by Crippen LogP contribution is -2.21. The number of Topliss-reactive ketones (excluding diaryl/α,β-unsaturated/α-hetero) is 1. The summed E-state index contributed by atoms with van der Waals surface area (Å²) in [5.41, 5.74) is -1.78. The highest BCUT2D eigenvalue weighted by molar-refractivity contribution is 6.25. The van der Waals surface area contributed by atoms with Gasteiger partial charge in [0.15, 0.2) is 0 Å². The van der Waals surface area contributed by atoms with Gasteiger partial charge >= 0.3 is 11.9 Å². The second kappa shape index (κ2) is 8.17. The van der Waals surface area contributed by atoms with E-state index in [9.17, 15) is 14.4 Å². The highest BCUT2D eigenvalue weighted by Crippen LogP contribution is 2.18. The maximum Gasteiger partial charge on any atom is 0.392 e. The van der Waals surface area contributed by atoms with Crippen molar-refractivity contribution in [1.29, 1.82) is 0 Å². The van der Waals surface area contributed by atoms with Gasteiger partial charge < -0.3 is 4.74 Å². The lowest BCUT2D eigenvalue weighted by atomic mass is 9.91. The van der Waals surface area contributed by atoms with Gasteiger partial charge in [-0.2, -0.15) is 0 Å². The number of hydrogen-bond donors (Lipinski definition) is 0. The largest absolute Gasteiger partial charge is 0.392 e. The van der Waals surface area contributed by atoms with Gasteiger partial charge in [-0.15, -0.1) is 0 Å². The molecule has 0 saturated carbocycles. The van der Waals surface area contributed by atoms with Crippen molar-refractivity contribution in [2.75, 3.05) is 0 Å². The van der Waals surface area contributed by atoms with Gasteiger partial charge in [0.05, 0.1) is 0 Å². The van der Waals surface area contributed by atoms with Crippen LogP contribution in [0.5, 0.6) is 0 Å². The van der Waals surface area contributed by atoms with Crippen LogP contribution in [0.1, 0.15) is 62.3 Å². The van der Waals surface area contributed by atoms with Crippen LogP contribution in [0, 0.1) is 46.0 Å². The average Bonchev–Trinajstić information content (AvgIpc) is 2.37. The van der Waals surface area contributed by atoms with Crippen molar-refractivity contribution in [2.45, 2.75) is 62.3 Å². The Kier molecular flexibility index (Phi) is 7.41. The molecular formula is C21H27O4. The summed E-state index contributed by atoms with van der Waals surface area (Å²) in [6.45, 7) is 16.3. The maximum absolute atomic E-state index is 12.3. The fraction of sp³-hybridized carbons (Fsp3) is 0.571. The van der Waals surface area contributed by atoms with Gasteiger partial charge in [-0.3, -0.25) is 4.79 Å². The zero-order valence-electron chi connectivity index (χ0n) is 16.6. The molecule has 1 radical (unpaired) electrons. The lowest BCUT2D eigenvalue weighted by Gasteiger charge is -2.13. The number of ketones is 1. The van der Waals surface area contributed by atoms with E-state index in [1.807, 2.05) is 41.5 Å². The third kappa shape index (κ3) is 11.8. The summed E-state index contributed by atoms with van der Waals surface area (Å²) in [5.74, 6) is 7.27. The average molecular weight is 343 g/mol. The Balaban J connectivity index is 5.57. The van der Waals surface area contributed by atoms with Gasteiger partial charge in [-0.05, 0) is 59.0 Å². The molecule has 0 fully saturated rings. The monoisotopic (exact) mass is 343 g/mol. The standard InChI is InChI=1S/C21H27O4/c1-19(2,3)12-10-16(22)15(14-21(7,8)9)18(24)25-17(23)11-13-20(4,5)6/h1-9H3. The lowest BCUT2D eigenvalue weighted by molar-refractivity contribution is -0.152. The highest BCUT2D eigenvalue weighted by Gasteiger charge is 2.24. The molecule has 0 spiro atoms. The van der Waals surface area contributed by atoms with E-state index in [1.54, 1.807) is 20.8 Å². The van der Waals surface area contributed by atoms with Crippen molar-refractivity contribution >= 4 is 17.7 Å². The zero-order chi connectivity index (χ0) is 20.1. The molecule has 0 unspecified atom stereocenters. The zero-order valence-corrected chi connectivity index (χ0v) is 16.6. The molecule has 0 aromatic heterocycles. The fourth-order valence-electron chi connectivity index (χ4n) is 1.28. The molecule has 4 nitrogen and oxygen atoms in total. The Labute approximate surface area is 151 Å². The molecule has 0 aliphatic carbocycles. The van der Waals surface area contributed by atoms with Gasteiger partial charge in [0.2, 0.25) is 5.78 Å². The predicted molar refractivity (Wildman–Crippen MR) is 96.8 cm³/mol. The topological polar surface area (TPSA) is 60.4 Å². The van der Waals surface area contributed by atoms with Crippen LogP contribution in [-0.4, -0.2) is 17.7 Å². The normalized spacial score (nSPS) is 12.3. The summed E-state index contributed by atoms with van der Waals surface area (Å²) < 4.78 is 4.67. The molecule has 0 saturated heterocycles. The van der Waals surface area contributed by atoms with E-state index in [0.717, 1.165) is 0 Å². The summed E-state index contributed by atoms with van der Waals surface area (Å²) in [6.07, 6.45) is 2.76. The highest BCUT2D eigenvalue weighted by atomic mass is 16.6. The predicted octanol–water partition coefficient (Wildman–Crippen LogP) is 3.50. The van der Waals surface area contributed by atoms with Crippen LogP contribution in [0.15, 0.2) is 5.57 Å². The van der Waals surface area contributed by atoms with Crippen molar-refractivity contribution < 1.29 is 19.1 Å². The fourth-order valence-corrected chi connectivity index (χ4v) is 1.28. The smallest absolute Gasteiger partial charge is 0.379 e. The van der Waals surface area contributed by atoms with Gasteiger partial charge in [-0.25, -0.2) is 9.59 Å². The van der Waals surface area contributed by atoms with Crippen molar-refractivity contribution in [3.05, 3.63) is 11.6 Å². The van der Waals surface area contributed by atoms with Crippen LogP contribution in [0.3, 0.4) is 0 Å². The Bertz CT molecular complexity index is 694. The summed E-state index contributed by atoms with van der Waals surface area (Å²) >= 11 is 0.